The van der Waals surface area contributed by atoms with Gasteiger partial charge in [-0.2, -0.15) is 0 Å². The smallest absolute Gasteiger partial charge is 0.0166 e. The van der Waals surface area contributed by atoms with Crippen LogP contribution in [0.3, 0.4) is 0 Å². The maximum Gasteiger partial charge on any atom is 0.0166 e. The van der Waals surface area contributed by atoms with E-state index in [2.05, 4.69) is 38.1 Å². The molecule has 0 saturated heterocycles. The Morgan fingerprint density at radius 3 is 2.11 bits per heavy atom. The van der Waals surface area contributed by atoms with E-state index in [1.54, 1.807) is 0 Å². The first kappa shape index (κ1) is 16.6. The van der Waals surface area contributed by atoms with E-state index in [4.69, 9.17) is 4.55 Å². The molecule has 1 N–H and O–H groups in total. The Morgan fingerprint density at radius 1 is 1.16 bits per heavy atom. The average Bonchev–Trinajstić information content (AvgIpc) is 2.92. The van der Waals surface area contributed by atoms with E-state index in [0.29, 0.717) is 5.92 Å². The van der Waals surface area contributed by atoms with Crippen molar-refractivity contribution < 1.29 is 4.55 Å². The van der Waals surface area contributed by atoms with E-state index in [1.807, 2.05) is 6.92 Å². The lowest BCUT2D eigenvalue weighted by Crippen LogP contribution is -1.98. The second-order valence-electron chi connectivity index (χ2n) is 5.67. The summed E-state index contributed by atoms with van der Waals surface area (Å²) in [6, 6.07) is 9.26. The standard InChI is InChI=1S/C15H22.C2H6OS/c1-12(2)15-9-7-14(8-10-15)11-13-5-3-4-6-13;1-2-4-3/h7-10,12-13H,3-6,11H2,1-2H3;3H,2H2,1H3. The Bertz CT molecular complexity index is 324. The second kappa shape index (κ2) is 9.44. The fourth-order valence-corrected chi connectivity index (χ4v) is 2.59. The van der Waals surface area contributed by atoms with Crippen LogP contribution in [-0.4, -0.2) is 10.3 Å². The molecule has 0 spiro atoms. The maximum absolute atomic E-state index is 7.79. The van der Waals surface area contributed by atoms with E-state index in [1.165, 1.54) is 43.2 Å². The average molecular weight is 280 g/mol. The molecule has 0 bridgehead atoms. The van der Waals surface area contributed by atoms with Gasteiger partial charge in [-0.25, -0.2) is 0 Å². The van der Waals surface area contributed by atoms with Crippen molar-refractivity contribution in [1.29, 1.82) is 0 Å². The van der Waals surface area contributed by atoms with Crippen LogP contribution in [0, 0.1) is 5.92 Å². The van der Waals surface area contributed by atoms with Gasteiger partial charge >= 0.3 is 0 Å². The Labute approximate surface area is 123 Å². The van der Waals surface area contributed by atoms with Gasteiger partial charge in [0.05, 0.1) is 0 Å². The van der Waals surface area contributed by atoms with Gasteiger partial charge in [-0.05, 0) is 41.4 Å². The zero-order valence-electron chi connectivity index (χ0n) is 12.6. The number of hydrogen-bond donors (Lipinski definition) is 1. The van der Waals surface area contributed by atoms with Crippen molar-refractivity contribution in [3.63, 3.8) is 0 Å². The molecule has 0 aliphatic heterocycles. The third-order valence-electron chi connectivity index (χ3n) is 3.77. The first-order valence-corrected chi connectivity index (χ1v) is 8.46. The molecule has 1 fully saturated rings. The fraction of sp³-hybridized carbons (Fsp3) is 0.647. The Balaban J connectivity index is 0.000000399. The summed E-state index contributed by atoms with van der Waals surface area (Å²) >= 11 is 0.856. The summed E-state index contributed by atoms with van der Waals surface area (Å²) < 4.78 is 7.79. The highest BCUT2D eigenvalue weighted by Gasteiger charge is 2.15. The summed E-state index contributed by atoms with van der Waals surface area (Å²) in [5, 5.41) is 0. The lowest BCUT2D eigenvalue weighted by atomic mass is 9.95. The molecular weight excluding hydrogens is 252 g/mol. The molecule has 0 radical (unpaired) electrons. The molecule has 0 unspecified atom stereocenters. The van der Waals surface area contributed by atoms with Gasteiger partial charge in [0.25, 0.3) is 0 Å². The van der Waals surface area contributed by atoms with Gasteiger partial charge in [0, 0.05) is 5.75 Å². The summed E-state index contributed by atoms with van der Waals surface area (Å²) in [6.45, 7) is 6.41. The minimum atomic E-state index is 0.658. The van der Waals surface area contributed by atoms with Gasteiger partial charge in [-0.1, -0.05) is 70.7 Å². The fourth-order valence-electron chi connectivity index (χ4n) is 2.59. The largest absolute Gasteiger partial charge is 0.330 e. The van der Waals surface area contributed by atoms with Crippen LogP contribution in [0.4, 0.5) is 0 Å². The van der Waals surface area contributed by atoms with Crippen molar-refractivity contribution in [2.45, 2.75) is 58.8 Å². The van der Waals surface area contributed by atoms with Crippen molar-refractivity contribution in [2.24, 2.45) is 5.92 Å². The predicted octanol–water partition coefficient (Wildman–Crippen LogP) is 5.76. The van der Waals surface area contributed by atoms with Crippen LogP contribution >= 0.6 is 12.0 Å². The molecule has 0 atom stereocenters. The quantitative estimate of drug-likeness (QED) is 0.708. The monoisotopic (exact) mass is 280 g/mol. The summed E-state index contributed by atoms with van der Waals surface area (Å²) in [5.41, 5.74) is 3.00. The summed E-state index contributed by atoms with van der Waals surface area (Å²) in [4.78, 5) is 0. The Hall–Kier alpha value is -0.470. The first-order chi connectivity index (χ1) is 9.17. The molecule has 1 aliphatic carbocycles. The second-order valence-corrected chi connectivity index (χ2v) is 6.50. The van der Waals surface area contributed by atoms with Crippen molar-refractivity contribution in [1.82, 2.24) is 0 Å². The molecule has 0 amide bonds. The topological polar surface area (TPSA) is 20.2 Å². The SMILES string of the molecule is CC(C)c1ccc(CC2CCCC2)cc1.CCSO. The van der Waals surface area contributed by atoms with E-state index in [0.717, 1.165) is 23.7 Å². The molecule has 108 valence electrons. The molecule has 0 heterocycles. The van der Waals surface area contributed by atoms with E-state index >= 15 is 0 Å². The van der Waals surface area contributed by atoms with E-state index in [-0.39, 0.29) is 0 Å². The molecule has 1 aliphatic rings. The highest BCUT2D eigenvalue weighted by molar-refractivity contribution is 7.93. The molecule has 1 saturated carbocycles. The van der Waals surface area contributed by atoms with Crippen LogP contribution in [0.1, 0.15) is 63.5 Å². The molecule has 2 rings (SSSR count). The lowest BCUT2D eigenvalue weighted by Gasteiger charge is -2.10. The molecule has 1 nitrogen and oxygen atoms in total. The number of benzene rings is 1. The maximum atomic E-state index is 7.79. The van der Waals surface area contributed by atoms with Crippen molar-refractivity contribution in [3.8, 4) is 0 Å². The Morgan fingerprint density at radius 2 is 1.68 bits per heavy atom. The van der Waals surface area contributed by atoms with Gasteiger partial charge < -0.3 is 4.55 Å². The van der Waals surface area contributed by atoms with Crippen molar-refractivity contribution in [3.05, 3.63) is 35.4 Å². The molecule has 1 aromatic rings. The minimum Gasteiger partial charge on any atom is -0.330 e. The van der Waals surface area contributed by atoms with Crippen LogP contribution in [0.15, 0.2) is 24.3 Å². The van der Waals surface area contributed by atoms with Crippen LogP contribution in [-0.2, 0) is 6.42 Å². The van der Waals surface area contributed by atoms with E-state index < -0.39 is 0 Å². The van der Waals surface area contributed by atoms with Gasteiger partial charge in [-0.3, -0.25) is 0 Å². The van der Waals surface area contributed by atoms with Gasteiger partial charge in [0.2, 0.25) is 0 Å². The summed E-state index contributed by atoms with van der Waals surface area (Å²) in [6.07, 6.45) is 7.11. The zero-order valence-corrected chi connectivity index (χ0v) is 13.4. The number of hydrogen-bond acceptors (Lipinski definition) is 2. The van der Waals surface area contributed by atoms with Gasteiger partial charge in [-0.15, -0.1) is 0 Å². The lowest BCUT2D eigenvalue weighted by molar-refractivity contribution is 0.546. The Kier molecular flexibility index (Phi) is 8.24. The molecule has 1 aromatic carbocycles. The van der Waals surface area contributed by atoms with Crippen LogP contribution in [0.2, 0.25) is 0 Å². The van der Waals surface area contributed by atoms with Gasteiger partial charge in [0.15, 0.2) is 0 Å². The molecule has 2 heteroatoms. The van der Waals surface area contributed by atoms with Crippen LogP contribution < -0.4 is 0 Å². The third kappa shape index (κ3) is 6.49. The normalized spacial score (nSPS) is 15.4. The molecular formula is C17H28OS. The summed E-state index contributed by atoms with van der Waals surface area (Å²) in [7, 11) is 0. The zero-order chi connectivity index (χ0) is 14.1. The summed E-state index contributed by atoms with van der Waals surface area (Å²) in [5.74, 6) is 2.42. The van der Waals surface area contributed by atoms with E-state index in [9.17, 15) is 0 Å². The first-order valence-electron chi connectivity index (χ1n) is 7.52. The molecule has 0 aromatic heterocycles. The van der Waals surface area contributed by atoms with Crippen molar-refractivity contribution in [2.75, 3.05) is 5.75 Å². The van der Waals surface area contributed by atoms with Crippen LogP contribution in [0.5, 0.6) is 0 Å². The third-order valence-corrected chi connectivity index (χ3v) is 4.03. The van der Waals surface area contributed by atoms with Gasteiger partial charge in [0.1, 0.15) is 0 Å². The highest BCUT2D eigenvalue weighted by atomic mass is 32.2. The van der Waals surface area contributed by atoms with Crippen molar-refractivity contribution >= 4 is 12.0 Å². The molecule has 19 heavy (non-hydrogen) atoms. The number of rotatable bonds is 4. The van der Waals surface area contributed by atoms with Crippen LogP contribution in [0.25, 0.3) is 0 Å². The highest BCUT2D eigenvalue weighted by Crippen LogP contribution is 2.28. The predicted molar refractivity (Wildman–Crippen MR) is 87.0 cm³/mol. The minimum absolute atomic E-state index is 0.658.